The molecular formula is C24H20F3N3O2S. The van der Waals surface area contributed by atoms with E-state index in [0.717, 1.165) is 12.1 Å². The Morgan fingerprint density at radius 1 is 1.30 bits per heavy atom. The number of fused-ring (bicyclic) bond motifs is 3. The lowest BCUT2D eigenvalue weighted by molar-refractivity contribution is -0.137. The van der Waals surface area contributed by atoms with Crippen LogP contribution in [0, 0.1) is 6.92 Å². The van der Waals surface area contributed by atoms with Crippen LogP contribution in [-0.2, 0) is 12.6 Å². The second-order valence-electron chi connectivity index (χ2n) is 7.55. The molecule has 9 heteroatoms. The zero-order chi connectivity index (χ0) is 23.8. The molecule has 0 fully saturated rings. The van der Waals surface area contributed by atoms with Crippen LogP contribution in [0.15, 0.2) is 71.0 Å². The number of nitrogens with one attached hydrogen (secondary N) is 1. The lowest BCUT2D eigenvalue weighted by Crippen LogP contribution is -2.32. The third-order valence-corrected chi connectivity index (χ3v) is 6.62. The molecule has 0 bridgehead atoms. The van der Waals surface area contributed by atoms with Crippen LogP contribution >= 0.6 is 11.8 Å². The maximum absolute atomic E-state index is 13.5. The van der Waals surface area contributed by atoms with E-state index < -0.39 is 23.1 Å². The molecule has 1 aliphatic heterocycles. The second-order valence-corrected chi connectivity index (χ2v) is 8.80. The molecule has 33 heavy (non-hydrogen) atoms. The van der Waals surface area contributed by atoms with Gasteiger partial charge in [-0.1, -0.05) is 12.1 Å². The van der Waals surface area contributed by atoms with Gasteiger partial charge in [-0.05, 0) is 37.3 Å². The summed E-state index contributed by atoms with van der Waals surface area (Å²) in [5.41, 5.74) is 0.391. The van der Waals surface area contributed by atoms with E-state index in [1.807, 2.05) is 12.1 Å². The minimum absolute atomic E-state index is 0.0887. The highest BCUT2D eigenvalue weighted by Gasteiger charge is 2.34. The Balaban J connectivity index is 2.01. The van der Waals surface area contributed by atoms with E-state index in [2.05, 4.69) is 16.9 Å². The number of thioether (sulfide) groups is 1. The molecule has 3 heterocycles. The summed E-state index contributed by atoms with van der Waals surface area (Å²) >= 11 is 1.36. The summed E-state index contributed by atoms with van der Waals surface area (Å²) in [5.74, 6) is -0.594. The zero-order valence-corrected chi connectivity index (χ0v) is 18.5. The highest BCUT2D eigenvalue weighted by Crippen LogP contribution is 2.45. The topological polar surface area (TPSA) is 64.0 Å². The first-order valence-electron chi connectivity index (χ1n) is 10.1. The molecule has 0 saturated heterocycles. The molecule has 0 saturated carbocycles. The zero-order valence-electron chi connectivity index (χ0n) is 17.6. The maximum atomic E-state index is 13.5. The summed E-state index contributed by atoms with van der Waals surface area (Å²) in [4.78, 5) is 30.8. The Hall–Kier alpha value is -3.33. The van der Waals surface area contributed by atoms with Crippen LogP contribution in [0.1, 0.15) is 38.3 Å². The van der Waals surface area contributed by atoms with Gasteiger partial charge in [-0.25, -0.2) is 0 Å². The van der Waals surface area contributed by atoms with Crippen LogP contribution in [0.3, 0.4) is 0 Å². The van der Waals surface area contributed by atoms with Gasteiger partial charge in [0, 0.05) is 41.5 Å². The number of hydrogen-bond donors (Lipinski definition) is 1. The molecule has 0 aliphatic carbocycles. The summed E-state index contributed by atoms with van der Waals surface area (Å²) in [5, 5.41) is 2.30. The second kappa shape index (κ2) is 8.90. The molecule has 1 atom stereocenters. The number of nitrogens with zero attached hydrogens (tertiary/aromatic N) is 2. The molecule has 1 unspecified atom stereocenters. The smallest absolute Gasteiger partial charge is 0.348 e. The summed E-state index contributed by atoms with van der Waals surface area (Å²) in [6, 6.07) is 10.2. The Labute approximate surface area is 192 Å². The maximum Gasteiger partial charge on any atom is 0.416 e. The van der Waals surface area contributed by atoms with Crippen LogP contribution in [-0.4, -0.2) is 22.0 Å². The highest BCUT2D eigenvalue weighted by molar-refractivity contribution is 7.99. The van der Waals surface area contributed by atoms with Gasteiger partial charge in [-0.2, -0.15) is 13.2 Å². The minimum Gasteiger partial charge on any atom is -0.348 e. The van der Waals surface area contributed by atoms with Gasteiger partial charge in [0.1, 0.15) is 5.56 Å². The Kier molecular flexibility index (Phi) is 6.16. The summed E-state index contributed by atoms with van der Waals surface area (Å²) in [7, 11) is 0. The molecular weight excluding hydrogens is 451 g/mol. The van der Waals surface area contributed by atoms with E-state index in [0.29, 0.717) is 22.0 Å². The van der Waals surface area contributed by atoms with Crippen LogP contribution in [0.2, 0.25) is 0 Å². The number of halogens is 3. The minimum atomic E-state index is -4.54. The van der Waals surface area contributed by atoms with Crippen molar-refractivity contribution in [2.75, 3.05) is 6.54 Å². The van der Waals surface area contributed by atoms with Crippen molar-refractivity contribution in [1.29, 1.82) is 0 Å². The van der Waals surface area contributed by atoms with Crippen molar-refractivity contribution in [1.82, 2.24) is 14.9 Å². The van der Waals surface area contributed by atoms with E-state index in [-0.39, 0.29) is 29.5 Å². The van der Waals surface area contributed by atoms with E-state index in [1.165, 1.54) is 30.0 Å². The van der Waals surface area contributed by atoms with E-state index in [4.69, 9.17) is 0 Å². The fourth-order valence-corrected chi connectivity index (χ4v) is 5.11. The first-order valence-corrected chi connectivity index (χ1v) is 11.0. The number of benzene rings is 1. The molecule has 170 valence electrons. The number of aromatic nitrogens is 2. The van der Waals surface area contributed by atoms with Gasteiger partial charge < -0.3 is 9.88 Å². The molecule has 2 aromatic heterocycles. The molecule has 0 radical (unpaired) electrons. The fourth-order valence-electron chi connectivity index (χ4n) is 3.89. The number of alkyl halides is 3. The van der Waals surface area contributed by atoms with Gasteiger partial charge in [0.05, 0.1) is 22.2 Å². The largest absolute Gasteiger partial charge is 0.416 e. The van der Waals surface area contributed by atoms with Crippen LogP contribution in [0.4, 0.5) is 13.2 Å². The van der Waals surface area contributed by atoms with Gasteiger partial charge >= 0.3 is 6.18 Å². The van der Waals surface area contributed by atoms with Crippen molar-refractivity contribution < 1.29 is 18.0 Å². The molecule has 4 rings (SSSR count). The SMILES string of the molecule is C=CCNC(=O)c1c2n(c(C)cc1=O)-c1cc(C(F)(F)F)ccc1SC(c1ccccn1)C2. The van der Waals surface area contributed by atoms with E-state index in [9.17, 15) is 22.8 Å². The predicted octanol–water partition coefficient (Wildman–Crippen LogP) is 4.87. The molecule has 1 aliphatic rings. The molecule has 1 aromatic carbocycles. The van der Waals surface area contributed by atoms with Crippen molar-refractivity contribution >= 4 is 17.7 Å². The quantitative estimate of drug-likeness (QED) is 0.552. The monoisotopic (exact) mass is 471 g/mol. The first kappa shape index (κ1) is 22.8. The average Bonchev–Trinajstić information content (AvgIpc) is 2.94. The van der Waals surface area contributed by atoms with E-state index in [1.54, 1.807) is 23.8 Å². The van der Waals surface area contributed by atoms with Crippen LogP contribution < -0.4 is 10.7 Å². The van der Waals surface area contributed by atoms with Gasteiger partial charge in [-0.3, -0.25) is 14.6 Å². The number of carbonyl (C=O) groups is 1. The molecule has 3 aromatic rings. The first-order chi connectivity index (χ1) is 15.7. The van der Waals surface area contributed by atoms with Gasteiger partial charge in [0.2, 0.25) is 0 Å². The Morgan fingerprint density at radius 2 is 2.09 bits per heavy atom. The van der Waals surface area contributed by atoms with E-state index >= 15 is 0 Å². The summed E-state index contributed by atoms with van der Waals surface area (Å²) in [6.45, 7) is 5.36. The molecule has 1 N–H and O–H groups in total. The summed E-state index contributed by atoms with van der Waals surface area (Å²) < 4.78 is 42.2. The standard InChI is InChI=1S/C24H20F3N3O2S/c1-3-9-29-23(32)22-18-13-21(16-6-4-5-10-28-16)33-20-8-7-15(24(25,26)27)12-17(20)30(18)14(2)11-19(22)31/h3-8,10-12,21H,1,9,13H2,2H3,(H,29,32). The molecule has 0 spiro atoms. The van der Waals surface area contributed by atoms with Crippen molar-refractivity contribution in [2.24, 2.45) is 0 Å². The van der Waals surface area contributed by atoms with Gasteiger partial charge in [-0.15, -0.1) is 18.3 Å². The predicted molar refractivity (Wildman–Crippen MR) is 121 cm³/mol. The Bertz CT molecular complexity index is 1290. The number of hydrogen-bond acceptors (Lipinski definition) is 4. The highest BCUT2D eigenvalue weighted by atomic mass is 32.2. The number of amides is 1. The molecule has 1 amide bonds. The van der Waals surface area contributed by atoms with Crippen molar-refractivity contribution in [3.8, 4) is 5.69 Å². The van der Waals surface area contributed by atoms with Crippen molar-refractivity contribution in [3.05, 3.63) is 99.7 Å². The Morgan fingerprint density at radius 3 is 2.76 bits per heavy atom. The van der Waals surface area contributed by atoms with Gasteiger partial charge in [0.15, 0.2) is 5.43 Å². The molecule has 5 nitrogen and oxygen atoms in total. The number of pyridine rings is 2. The lowest BCUT2D eigenvalue weighted by atomic mass is 10.0. The third-order valence-electron chi connectivity index (χ3n) is 5.32. The normalized spacial score (nSPS) is 15.2. The summed E-state index contributed by atoms with van der Waals surface area (Å²) in [6.07, 6.45) is -1.19. The van der Waals surface area contributed by atoms with Gasteiger partial charge in [0.25, 0.3) is 5.91 Å². The van der Waals surface area contributed by atoms with Crippen molar-refractivity contribution in [3.63, 3.8) is 0 Å². The number of rotatable bonds is 4. The van der Waals surface area contributed by atoms with Crippen LogP contribution in [0.25, 0.3) is 5.69 Å². The lowest BCUT2D eigenvalue weighted by Gasteiger charge is -2.20. The third kappa shape index (κ3) is 4.45. The average molecular weight is 472 g/mol. The number of carbonyl (C=O) groups excluding carboxylic acids is 1. The van der Waals surface area contributed by atoms with Crippen molar-refractivity contribution in [2.45, 2.75) is 29.7 Å². The fraction of sp³-hybridized carbons (Fsp3) is 0.208. The van der Waals surface area contributed by atoms with Crippen LogP contribution in [0.5, 0.6) is 0 Å². The number of aryl methyl sites for hydroxylation is 1.